The third-order valence-corrected chi connectivity index (χ3v) is 3.91. The minimum absolute atomic E-state index is 0.124. The van der Waals surface area contributed by atoms with Crippen LogP contribution in [-0.4, -0.2) is 18.2 Å². The molecule has 1 saturated heterocycles. The van der Waals surface area contributed by atoms with Crippen LogP contribution in [0, 0.1) is 0 Å². The van der Waals surface area contributed by atoms with Crippen molar-refractivity contribution in [3.05, 3.63) is 28.2 Å². The van der Waals surface area contributed by atoms with Gasteiger partial charge in [0.05, 0.1) is 6.61 Å². The molecule has 2 rings (SSSR count). The quantitative estimate of drug-likeness (QED) is 0.899. The number of aliphatic hydroxyl groups is 1. The predicted molar refractivity (Wildman–Crippen MR) is 75.4 cm³/mol. The summed E-state index contributed by atoms with van der Waals surface area (Å²) in [6.45, 7) is 2.35. The lowest BCUT2D eigenvalue weighted by Gasteiger charge is -2.28. The molecule has 94 valence electrons. The Hall–Kier alpha value is -0.540. The lowest BCUT2D eigenvalue weighted by atomic mass is 10.1. The molecule has 3 heteroatoms. The zero-order valence-corrected chi connectivity index (χ0v) is 11.7. The lowest BCUT2D eigenvalue weighted by molar-refractivity contribution is 0.282. The maximum Gasteiger partial charge on any atom is 0.0702 e. The van der Waals surface area contributed by atoms with Crippen LogP contribution in [0.15, 0.2) is 22.7 Å². The minimum Gasteiger partial charge on any atom is -0.392 e. The maximum absolute atomic E-state index is 9.42. The highest BCUT2D eigenvalue weighted by molar-refractivity contribution is 9.10. The third kappa shape index (κ3) is 3.46. The highest BCUT2D eigenvalue weighted by Gasteiger charge is 2.12. The molecule has 2 nitrogen and oxygen atoms in total. The molecule has 1 heterocycles. The summed E-state index contributed by atoms with van der Waals surface area (Å²) in [6.07, 6.45) is 6.56. The van der Waals surface area contributed by atoms with Crippen molar-refractivity contribution >= 4 is 21.6 Å². The molecule has 0 atom stereocenters. The van der Waals surface area contributed by atoms with Crippen molar-refractivity contribution < 1.29 is 5.11 Å². The largest absolute Gasteiger partial charge is 0.392 e. The molecule has 17 heavy (non-hydrogen) atoms. The molecule has 1 aliphatic heterocycles. The van der Waals surface area contributed by atoms with Crippen LogP contribution in [-0.2, 0) is 6.61 Å². The van der Waals surface area contributed by atoms with Crippen molar-refractivity contribution in [2.75, 3.05) is 18.0 Å². The van der Waals surface area contributed by atoms with Crippen molar-refractivity contribution in [2.24, 2.45) is 0 Å². The maximum atomic E-state index is 9.42. The topological polar surface area (TPSA) is 23.5 Å². The Morgan fingerprint density at radius 3 is 2.35 bits per heavy atom. The van der Waals surface area contributed by atoms with E-state index < -0.39 is 0 Å². The predicted octanol–water partition coefficient (Wildman–Crippen LogP) is 3.71. The summed E-state index contributed by atoms with van der Waals surface area (Å²) in [4.78, 5) is 2.43. The molecule has 0 radical (unpaired) electrons. The molecule has 1 aromatic carbocycles. The van der Waals surface area contributed by atoms with E-state index in [1.165, 1.54) is 37.8 Å². The van der Waals surface area contributed by atoms with Crippen LogP contribution in [0.5, 0.6) is 0 Å². The van der Waals surface area contributed by atoms with Crippen LogP contribution in [0.3, 0.4) is 0 Å². The number of hydrogen-bond acceptors (Lipinski definition) is 2. The molecule has 0 bridgehead atoms. The average Bonchev–Trinajstić information content (AvgIpc) is 2.28. The van der Waals surface area contributed by atoms with Gasteiger partial charge in [-0.25, -0.2) is 0 Å². The molecular formula is C14H20BrNO. The summed E-state index contributed by atoms with van der Waals surface area (Å²) in [5.41, 5.74) is 2.23. The van der Waals surface area contributed by atoms with Crippen LogP contribution < -0.4 is 4.90 Å². The van der Waals surface area contributed by atoms with Gasteiger partial charge in [-0.15, -0.1) is 0 Å². The van der Waals surface area contributed by atoms with E-state index in [1.807, 2.05) is 12.1 Å². The Balaban J connectivity index is 2.20. The first kappa shape index (κ1) is 12.9. The first-order valence-corrected chi connectivity index (χ1v) is 7.25. The second-order valence-corrected chi connectivity index (χ2v) is 5.60. The Labute approximate surface area is 112 Å². The Kier molecular flexibility index (Phi) is 4.86. The first-order valence-electron chi connectivity index (χ1n) is 6.45. The highest BCUT2D eigenvalue weighted by atomic mass is 79.9. The molecule has 1 N–H and O–H groups in total. The molecule has 1 aromatic rings. The molecule has 0 spiro atoms. The number of halogens is 1. The SMILES string of the molecule is OCc1ccc(Br)cc1N1CCCCCCC1. The smallest absolute Gasteiger partial charge is 0.0702 e. The number of aliphatic hydroxyl groups excluding tert-OH is 1. The summed E-state index contributed by atoms with van der Waals surface area (Å²) in [5.74, 6) is 0. The van der Waals surface area contributed by atoms with Gasteiger partial charge in [0, 0.05) is 28.8 Å². The van der Waals surface area contributed by atoms with Gasteiger partial charge in [-0.05, 0) is 25.0 Å². The average molecular weight is 298 g/mol. The van der Waals surface area contributed by atoms with Crippen LogP contribution in [0.1, 0.15) is 37.7 Å². The number of hydrogen-bond donors (Lipinski definition) is 1. The van der Waals surface area contributed by atoms with Gasteiger partial charge in [0.25, 0.3) is 0 Å². The van der Waals surface area contributed by atoms with Gasteiger partial charge >= 0.3 is 0 Å². The number of rotatable bonds is 2. The number of anilines is 1. The summed E-state index contributed by atoms with van der Waals surface area (Å²) in [5, 5.41) is 9.42. The van der Waals surface area contributed by atoms with E-state index in [0.717, 1.165) is 23.1 Å². The lowest BCUT2D eigenvalue weighted by Crippen LogP contribution is -2.28. The normalized spacial score (nSPS) is 17.6. The van der Waals surface area contributed by atoms with Crippen molar-refractivity contribution in [1.82, 2.24) is 0 Å². The zero-order chi connectivity index (χ0) is 12.1. The summed E-state index contributed by atoms with van der Waals surface area (Å²) < 4.78 is 1.09. The van der Waals surface area contributed by atoms with E-state index >= 15 is 0 Å². The fourth-order valence-electron chi connectivity index (χ4n) is 2.45. The Morgan fingerprint density at radius 1 is 1.06 bits per heavy atom. The van der Waals surface area contributed by atoms with E-state index in [1.54, 1.807) is 0 Å². The Morgan fingerprint density at radius 2 is 1.71 bits per heavy atom. The molecule has 1 fully saturated rings. The van der Waals surface area contributed by atoms with E-state index in [9.17, 15) is 5.11 Å². The molecule has 0 aromatic heterocycles. The summed E-state index contributed by atoms with van der Waals surface area (Å²) in [6, 6.07) is 6.14. The van der Waals surface area contributed by atoms with E-state index in [0.29, 0.717) is 0 Å². The van der Waals surface area contributed by atoms with E-state index in [-0.39, 0.29) is 6.61 Å². The van der Waals surface area contributed by atoms with Crippen LogP contribution in [0.4, 0.5) is 5.69 Å². The van der Waals surface area contributed by atoms with Crippen molar-refractivity contribution in [3.63, 3.8) is 0 Å². The number of nitrogens with zero attached hydrogens (tertiary/aromatic N) is 1. The molecule has 1 aliphatic rings. The minimum atomic E-state index is 0.124. The zero-order valence-electron chi connectivity index (χ0n) is 10.2. The Bertz CT molecular complexity index is 359. The van der Waals surface area contributed by atoms with Crippen molar-refractivity contribution in [1.29, 1.82) is 0 Å². The monoisotopic (exact) mass is 297 g/mol. The molecule has 0 amide bonds. The van der Waals surface area contributed by atoms with Crippen LogP contribution in [0.2, 0.25) is 0 Å². The molecule has 0 unspecified atom stereocenters. The van der Waals surface area contributed by atoms with Crippen LogP contribution in [0.25, 0.3) is 0 Å². The van der Waals surface area contributed by atoms with E-state index in [2.05, 4.69) is 26.9 Å². The summed E-state index contributed by atoms with van der Waals surface area (Å²) >= 11 is 3.52. The second kappa shape index (κ2) is 6.41. The molecule has 0 saturated carbocycles. The van der Waals surface area contributed by atoms with Gasteiger partial charge in [-0.3, -0.25) is 0 Å². The second-order valence-electron chi connectivity index (χ2n) is 4.69. The summed E-state index contributed by atoms with van der Waals surface area (Å²) in [7, 11) is 0. The highest BCUT2D eigenvalue weighted by Crippen LogP contribution is 2.27. The fourth-order valence-corrected chi connectivity index (χ4v) is 2.80. The molecule has 0 aliphatic carbocycles. The number of benzene rings is 1. The van der Waals surface area contributed by atoms with E-state index in [4.69, 9.17) is 0 Å². The van der Waals surface area contributed by atoms with Gasteiger partial charge in [-0.2, -0.15) is 0 Å². The van der Waals surface area contributed by atoms with Gasteiger partial charge in [-0.1, -0.05) is 41.3 Å². The van der Waals surface area contributed by atoms with Gasteiger partial charge < -0.3 is 10.0 Å². The van der Waals surface area contributed by atoms with Gasteiger partial charge in [0.2, 0.25) is 0 Å². The van der Waals surface area contributed by atoms with Gasteiger partial charge in [0.1, 0.15) is 0 Å². The third-order valence-electron chi connectivity index (χ3n) is 3.41. The fraction of sp³-hybridized carbons (Fsp3) is 0.571. The van der Waals surface area contributed by atoms with Crippen LogP contribution >= 0.6 is 15.9 Å². The first-order chi connectivity index (χ1) is 8.31. The molecular weight excluding hydrogens is 278 g/mol. The van der Waals surface area contributed by atoms with Gasteiger partial charge in [0.15, 0.2) is 0 Å². The van der Waals surface area contributed by atoms with Crippen molar-refractivity contribution in [2.45, 2.75) is 38.7 Å². The standard InChI is InChI=1S/C14H20BrNO/c15-13-7-6-12(11-17)14(10-13)16-8-4-2-1-3-5-9-16/h6-7,10,17H,1-5,8-9,11H2. The van der Waals surface area contributed by atoms with Crippen molar-refractivity contribution in [3.8, 4) is 0 Å².